The number of hydrogen-bond acceptors (Lipinski definition) is 3. The molecule has 0 unspecified atom stereocenters. The lowest BCUT2D eigenvalue weighted by atomic mass is 9.81. The Hall–Kier alpha value is -2.37. The first-order valence-electron chi connectivity index (χ1n) is 8.89. The van der Waals surface area contributed by atoms with Crippen molar-refractivity contribution in [2.24, 2.45) is 11.3 Å². The van der Waals surface area contributed by atoms with Crippen molar-refractivity contribution >= 4 is 17.8 Å². The van der Waals surface area contributed by atoms with Gasteiger partial charge in [0, 0.05) is 31.7 Å². The largest absolute Gasteiger partial charge is 0.481 e. The molecule has 1 aliphatic carbocycles. The average molecular weight is 342 g/mol. The molecule has 0 radical (unpaired) electrons. The Balaban J connectivity index is 1.60. The third-order valence-electron chi connectivity index (χ3n) is 6.07. The zero-order chi connectivity index (χ0) is 17.8. The number of fused-ring (bicyclic) bond motifs is 2. The van der Waals surface area contributed by atoms with Gasteiger partial charge in [-0.2, -0.15) is 0 Å². The number of carboxylic acid groups (broad SMARTS) is 1. The van der Waals surface area contributed by atoms with Crippen LogP contribution >= 0.6 is 0 Å². The minimum atomic E-state index is -1.17. The summed E-state index contributed by atoms with van der Waals surface area (Å²) >= 11 is 0. The number of carbonyl (C=O) groups is 3. The quantitative estimate of drug-likeness (QED) is 0.895. The second kappa shape index (κ2) is 5.58. The van der Waals surface area contributed by atoms with E-state index in [2.05, 4.69) is 0 Å². The molecular formula is C19H22N2O4. The summed E-state index contributed by atoms with van der Waals surface area (Å²) in [6, 6.07) is 5.77. The zero-order valence-electron chi connectivity index (χ0n) is 14.3. The Morgan fingerprint density at radius 1 is 1.24 bits per heavy atom. The van der Waals surface area contributed by atoms with Gasteiger partial charge in [0.05, 0.1) is 5.92 Å². The molecule has 1 aromatic rings. The van der Waals surface area contributed by atoms with Crippen LogP contribution in [0.3, 0.4) is 0 Å². The fourth-order valence-electron chi connectivity index (χ4n) is 4.62. The summed E-state index contributed by atoms with van der Waals surface area (Å²) < 4.78 is 0. The number of aliphatic carboxylic acids is 1. The van der Waals surface area contributed by atoms with Gasteiger partial charge in [-0.1, -0.05) is 6.07 Å². The van der Waals surface area contributed by atoms with Crippen LogP contribution in [0, 0.1) is 11.3 Å². The first kappa shape index (κ1) is 16.1. The van der Waals surface area contributed by atoms with Gasteiger partial charge in [-0.3, -0.25) is 14.4 Å². The van der Waals surface area contributed by atoms with E-state index in [-0.39, 0.29) is 31.4 Å². The molecular weight excluding hydrogens is 320 g/mol. The van der Waals surface area contributed by atoms with E-state index >= 15 is 0 Å². The highest BCUT2D eigenvalue weighted by atomic mass is 16.4. The van der Waals surface area contributed by atoms with Crippen LogP contribution in [0.1, 0.15) is 34.8 Å². The predicted octanol–water partition coefficient (Wildman–Crippen LogP) is 1.18. The number of hydrogen-bond donors (Lipinski definition) is 1. The maximum Gasteiger partial charge on any atom is 0.314 e. The maximum absolute atomic E-state index is 12.9. The van der Waals surface area contributed by atoms with E-state index in [1.54, 1.807) is 9.80 Å². The van der Waals surface area contributed by atoms with Gasteiger partial charge >= 0.3 is 5.97 Å². The van der Waals surface area contributed by atoms with Crippen LogP contribution in [0.5, 0.6) is 0 Å². The molecule has 2 amide bonds. The molecule has 2 fully saturated rings. The van der Waals surface area contributed by atoms with E-state index in [9.17, 15) is 19.5 Å². The monoisotopic (exact) mass is 342 g/mol. The second-order valence-corrected chi connectivity index (χ2v) is 7.39. The highest BCUT2D eigenvalue weighted by Crippen LogP contribution is 2.44. The molecule has 0 bridgehead atoms. The molecule has 132 valence electrons. The molecule has 0 spiro atoms. The predicted molar refractivity (Wildman–Crippen MR) is 90.2 cm³/mol. The lowest BCUT2D eigenvalue weighted by Crippen LogP contribution is -2.42. The van der Waals surface area contributed by atoms with Crippen LogP contribution in [0.4, 0.5) is 0 Å². The molecule has 6 heteroatoms. The molecule has 2 heterocycles. The molecule has 0 saturated carbocycles. The van der Waals surface area contributed by atoms with Gasteiger partial charge in [0.2, 0.25) is 5.91 Å². The number of likely N-dealkylation sites (tertiary alicyclic amines) is 2. The molecule has 25 heavy (non-hydrogen) atoms. The molecule has 2 aliphatic heterocycles. The summed E-state index contributed by atoms with van der Waals surface area (Å²) in [4.78, 5) is 40.5. The highest BCUT2D eigenvalue weighted by Gasteiger charge is 2.62. The molecule has 0 aromatic heterocycles. The molecule has 2 saturated heterocycles. The van der Waals surface area contributed by atoms with Crippen LogP contribution in [0.15, 0.2) is 18.2 Å². The Labute approximate surface area is 146 Å². The van der Waals surface area contributed by atoms with Gasteiger partial charge in [0.1, 0.15) is 5.41 Å². The summed E-state index contributed by atoms with van der Waals surface area (Å²) in [5.74, 6) is -1.93. The van der Waals surface area contributed by atoms with Crippen LogP contribution < -0.4 is 0 Å². The van der Waals surface area contributed by atoms with Crippen molar-refractivity contribution in [1.82, 2.24) is 9.80 Å². The van der Waals surface area contributed by atoms with Crippen LogP contribution in [-0.4, -0.2) is 58.9 Å². The zero-order valence-corrected chi connectivity index (χ0v) is 14.3. The number of nitrogens with zero attached hydrogens (tertiary/aromatic N) is 2. The summed E-state index contributed by atoms with van der Waals surface area (Å²) in [6.07, 6.45) is 3.16. The SMILES string of the molecule is CCN1C[C@@]2(C(=O)O)CN(C(=O)c3ccc4c(c3)CCC4)C[C@H]2C1=O. The lowest BCUT2D eigenvalue weighted by Gasteiger charge is -2.24. The number of rotatable bonds is 3. The van der Waals surface area contributed by atoms with E-state index in [0.717, 1.165) is 19.3 Å². The molecule has 1 aromatic carbocycles. The van der Waals surface area contributed by atoms with Crippen molar-refractivity contribution in [1.29, 1.82) is 0 Å². The van der Waals surface area contributed by atoms with Crippen molar-refractivity contribution in [2.75, 3.05) is 26.2 Å². The van der Waals surface area contributed by atoms with Gasteiger partial charge in [-0.05, 0) is 49.4 Å². The minimum absolute atomic E-state index is 0.102. The minimum Gasteiger partial charge on any atom is -0.481 e. The van der Waals surface area contributed by atoms with Crippen molar-refractivity contribution < 1.29 is 19.5 Å². The third kappa shape index (κ3) is 2.27. The van der Waals surface area contributed by atoms with Crippen molar-refractivity contribution in [2.45, 2.75) is 26.2 Å². The van der Waals surface area contributed by atoms with E-state index in [1.165, 1.54) is 11.1 Å². The van der Waals surface area contributed by atoms with Crippen LogP contribution in [-0.2, 0) is 22.4 Å². The Morgan fingerprint density at radius 2 is 2.00 bits per heavy atom. The lowest BCUT2D eigenvalue weighted by molar-refractivity contribution is -0.149. The van der Waals surface area contributed by atoms with Crippen molar-refractivity contribution in [3.63, 3.8) is 0 Å². The van der Waals surface area contributed by atoms with E-state index < -0.39 is 17.3 Å². The average Bonchev–Trinajstić information content (AvgIpc) is 3.27. The standard InChI is InChI=1S/C19H22N2O4/c1-2-20-10-19(18(24)25)11-21(9-15(19)17(20)23)16(22)14-7-6-12-4-3-5-13(12)8-14/h6-8,15H,2-5,9-11H2,1H3,(H,24,25)/t15-,19+/m0/s1. The topological polar surface area (TPSA) is 77.9 Å². The molecule has 4 rings (SSSR count). The Bertz CT molecular complexity index is 775. The number of amides is 2. The van der Waals surface area contributed by atoms with Crippen molar-refractivity contribution in [3.05, 3.63) is 34.9 Å². The van der Waals surface area contributed by atoms with E-state index in [0.29, 0.717) is 12.1 Å². The number of carbonyl (C=O) groups excluding carboxylic acids is 2. The van der Waals surface area contributed by atoms with Gasteiger partial charge in [0.15, 0.2) is 0 Å². The first-order chi connectivity index (χ1) is 12.0. The maximum atomic E-state index is 12.9. The summed E-state index contributed by atoms with van der Waals surface area (Å²) in [5, 5.41) is 9.79. The molecule has 2 atom stereocenters. The molecule has 6 nitrogen and oxygen atoms in total. The van der Waals surface area contributed by atoms with Gasteiger partial charge in [0.25, 0.3) is 5.91 Å². The fraction of sp³-hybridized carbons (Fsp3) is 0.526. The normalized spacial score (nSPS) is 27.6. The van der Waals surface area contributed by atoms with E-state index in [4.69, 9.17) is 0 Å². The second-order valence-electron chi connectivity index (χ2n) is 7.39. The van der Waals surface area contributed by atoms with Gasteiger partial charge < -0.3 is 14.9 Å². The first-order valence-corrected chi connectivity index (χ1v) is 8.89. The van der Waals surface area contributed by atoms with Gasteiger partial charge in [-0.15, -0.1) is 0 Å². The van der Waals surface area contributed by atoms with Gasteiger partial charge in [-0.25, -0.2) is 0 Å². The highest BCUT2D eigenvalue weighted by molar-refractivity contribution is 5.98. The number of benzene rings is 1. The number of carboxylic acids is 1. The molecule has 1 N–H and O–H groups in total. The third-order valence-corrected chi connectivity index (χ3v) is 6.07. The van der Waals surface area contributed by atoms with Crippen LogP contribution in [0.2, 0.25) is 0 Å². The van der Waals surface area contributed by atoms with Crippen LogP contribution in [0.25, 0.3) is 0 Å². The number of aryl methyl sites for hydroxylation is 2. The smallest absolute Gasteiger partial charge is 0.314 e. The fourth-order valence-corrected chi connectivity index (χ4v) is 4.62. The Kier molecular flexibility index (Phi) is 3.60. The summed E-state index contributed by atoms with van der Waals surface area (Å²) in [6.45, 7) is 2.84. The summed E-state index contributed by atoms with van der Waals surface area (Å²) in [5.41, 5.74) is 1.94. The summed E-state index contributed by atoms with van der Waals surface area (Å²) in [7, 11) is 0. The Morgan fingerprint density at radius 3 is 2.68 bits per heavy atom. The molecule has 3 aliphatic rings. The van der Waals surface area contributed by atoms with E-state index in [1.807, 2.05) is 25.1 Å². The van der Waals surface area contributed by atoms with Crippen molar-refractivity contribution in [3.8, 4) is 0 Å².